The fraction of sp³-hybridized carbons (Fsp3) is 0. The molecule has 2 N–H and O–H groups in total. The Morgan fingerprint density at radius 3 is 2.89 bits per heavy atom. The zero-order chi connectivity index (χ0) is 12.4. The molecule has 0 aliphatic heterocycles. The third kappa shape index (κ3) is 1.77. The zero-order valence-corrected chi connectivity index (χ0v) is 9.16. The van der Waals surface area contributed by atoms with E-state index in [9.17, 15) is 4.79 Å². The number of nitrogens with zero attached hydrogens (tertiary/aromatic N) is 4. The van der Waals surface area contributed by atoms with E-state index in [1.165, 1.54) is 6.33 Å². The number of rotatable bonds is 2. The molecule has 88 valence electrons. The van der Waals surface area contributed by atoms with E-state index in [4.69, 9.17) is 0 Å². The Bertz CT molecular complexity index is 688. The third-order valence-corrected chi connectivity index (χ3v) is 2.39. The zero-order valence-electron chi connectivity index (χ0n) is 9.16. The molecule has 0 aliphatic carbocycles. The number of H-pyrrole nitrogens is 1. The van der Waals surface area contributed by atoms with E-state index in [2.05, 4.69) is 30.5 Å². The number of fused-ring (bicyclic) bond motifs is 1. The molecule has 3 rings (SSSR count). The molecule has 18 heavy (non-hydrogen) atoms. The Balaban J connectivity index is 2.01. The van der Waals surface area contributed by atoms with Gasteiger partial charge in [0.25, 0.3) is 5.91 Å². The summed E-state index contributed by atoms with van der Waals surface area (Å²) in [5.41, 5.74) is 1.66. The van der Waals surface area contributed by atoms with Gasteiger partial charge < -0.3 is 0 Å². The standard InChI is InChI=1S/C11H8N6O/c18-10(16-11-14-6-15-17-11)7-2-1-3-8-9(7)13-5-4-12-8/h1-6H,(H2,14,15,16,17,18). The first-order valence-electron chi connectivity index (χ1n) is 5.21. The molecule has 0 unspecified atom stereocenters. The van der Waals surface area contributed by atoms with Crippen LogP contribution < -0.4 is 5.32 Å². The maximum Gasteiger partial charge on any atom is 0.260 e. The summed E-state index contributed by atoms with van der Waals surface area (Å²) >= 11 is 0. The molecule has 7 heteroatoms. The van der Waals surface area contributed by atoms with Gasteiger partial charge in [-0.3, -0.25) is 20.1 Å². The van der Waals surface area contributed by atoms with Gasteiger partial charge in [-0.2, -0.15) is 10.1 Å². The van der Waals surface area contributed by atoms with Gasteiger partial charge in [0.05, 0.1) is 11.1 Å². The van der Waals surface area contributed by atoms with Crippen LogP contribution in [0.3, 0.4) is 0 Å². The highest BCUT2D eigenvalue weighted by Gasteiger charge is 2.12. The molecule has 1 amide bonds. The molecule has 2 heterocycles. The number of anilines is 1. The molecule has 7 nitrogen and oxygen atoms in total. The quantitative estimate of drug-likeness (QED) is 0.696. The van der Waals surface area contributed by atoms with Crippen LogP contribution in [0.15, 0.2) is 36.9 Å². The predicted molar refractivity (Wildman–Crippen MR) is 63.9 cm³/mol. The van der Waals surface area contributed by atoms with E-state index in [0.717, 1.165) is 0 Å². The molecule has 0 radical (unpaired) electrons. The van der Waals surface area contributed by atoms with Crippen LogP contribution in [0.25, 0.3) is 11.0 Å². The molecule has 0 bridgehead atoms. The first kappa shape index (κ1) is 10.3. The first-order valence-corrected chi connectivity index (χ1v) is 5.21. The Morgan fingerprint density at radius 2 is 2.06 bits per heavy atom. The highest BCUT2D eigenvalue weighted by Crippen LogP contribution is 2.14. The summed E-state index contributed by atoms with van der Waals surface area (Å²) in [7, 11) is 0. The minimum Gasteiger partial charge on any atom is -0.291 e. The van der Waals surface area contributed by atoms with Crippen molar-refractivity contribution in [3.63, 3.8) is 0 Å². The monoisotopic (exact) mass is 240 g/mol. The number of benzene rings is 1. The van der Waals surface area contributed by atoms with E-state index in [-0.39, 0.29) is 5.91 Å². The van der Waals surface area contributed by atoms with E-state index >= 15 is 0 Å². The summed E-state index contributed by atoms with van der Waals surface area (Å²) in [4.78, 5) is 24.2. The van der Waals surface area contributed by atoms with E-state index < -0.39 is 0 Å². The van der Waals surface area contributed by atoms with Gasteiger partial charge in [0.15, 0.2) is 0 Å². The second-order valence-electron chi connectivity index (χ2n) is 3.52. The van der Waals surface area contributed by atoms with Crippen molar-refractivity contribution in [3.05, 3.63) is 42.5 Å². The highest BCUT2D eigenvalue weighted by atomic mass is 16.1. The average Bonchev–Trinajstić information content (AvgIpc) is 2.91. The molecule has 0 spiro atoms. The lowest BCUT2D eigenvalue weighted by Gasteiger charge is -2.04. The summed E-state index contributed by atoms with van der Waals surface area (Å²) in [6.07, 6.45) is 4.45. The minimum atomic E-state index is -0.308. The number of para-hydroxylation sites is 1. The Kier molecular flexibility index (Phi) is 2.41. The van der Waals surface area contributed by atoms with Gasteiger partial charge in [-0.15, -0.1) is 0 Å². The normalized spacial score (nSPS) is 10.4. The van der Waals surface area contributed by atoms with Crippen molar-refractivity contribution in [2.24, 2.45) is 0 Å². The molecule has 0 aliphatic rings. The van der Waals surface area contributed by atoms with Crippen molar-refractivity contribution < 1.29 is 4.79 Å². The van der Waals surface area contributed by atoms with Crippen LogP contribution in [0.2, 0.25) is 0 Å². The number of aromatic amines is 1. The second kappa shape index (κ2) is 4.21. The van der Waals surface area contributed by atoms with Crippen molar-refractivity contribution >= 4 is 22.9 Å². The Labute approximate surface area is 101 Å². The largest absolute Gasteiger partial charge is 0.291 e. The molecule has 0 atom stereocenters. The van der Waals surface area contributed by atoms with Crippen LogP contribution in [0, 0.1) is 0 Å². The molecule has 0 saturated heterocycles. The van der Waals surface area contributed by atoms with Crippen LogP contribution in [0.1, 0.15) is 10.4 Å². The van der Waals surface area contributed by atoms with Gasteiger partial charge in [0, 0.05) is 12.4 Å². The maximum absolute atomic E-state index is 12.1. The van der Waals surface area contributed by atoms with Crippen molar-refractivity contribution in [2.45, 2.75) is 0 Å². The van der Waals surface area contributed by atoms with Crippen molar-refractivity contribution in [2.75, 3.05) is 5.32 Å². The van der Waals surface area contributed by atoms with Crippen LogP contribution in [-0.2, 0) is 0 Å². The molecular formula is C11H8N6O. The molecule has 3 aromatic rings. The number of hydrogen-bond acceptors (Lipinski definition) is 5. The molecule has 0 fully saturated rings. The van der Waals surface area contributed by atoms with Gasteiger partial charge in [-0.1, -0.05) is 6.07 Å². The van der Waals surface area contributed by atoms with E-state index in [1.54, 1.807) is 30.6 Å². The fourth-order valence-electron chi connectivity index (χ4n) is 1.62. The predicted octanol–water partition coefficient (Wildman–Crippen LogP) is 1.00. The maximum atomic E-state index is 12.1. The number of hydrogen-bond donors (Lipinski definition) is 2. The van der Waals surface area contributed by atoms with Gasteiger partial charge in [-0.25, -0.2) is 5.10 Å². The Morgan fingerprint density at radius 1 is 1.17 bits per heavy atom. The lowest BCUT2D eigenvalue weighted by atomic mass is 10.1. The van der Waals surface area contributed by atoms with E-state index in [0.29, 0.717) is 22.5 Å². The SMILES string of the molecule is O=C(Nc1ncn[nH]1)c1cccc2nccnc12. The second-order valence-corrected chi connectivity index (χ2v) is 3.52. The Hall–Kier alpha value is -2.83. The van der Waals surface area contributed by atoms with Crippen molar-refractivity contribution in [3.8, 4) is 0 Å². The lowest BCUT2D eigenvalue weighted by molar-refractivity contribution is 0.102. The lowest BCUT2D eigenvalue weighted by Crippen LogP contribution is -2.14. The van der Waals surface area contributed by atoms with Crippen molar-refractivity contribution in [1.82, 2.24) is 25.1 Å². The van der Waals surface area contributed by atoms with Crippen LogP contribution in [-0.4, -0.2) is 31.1 Å². The molecule has 0 saturated carbocycles. The minimum absolute atomic E-state index is 0.292. The summed E-state index contributed by atoms with van der Waals surface area (Å²) in [5, 5.41) is 8.80. The van der Waals surface area contributed by atoms with Gasteiger partial charge in [0.2, 0.25) is 5.95 Å². The van der Waals surface area contributed by atoms with Gasteiger partial charge in [-0.05, 0) is 12.1 Å². The van der Waals surface area contributed by atoms with Gasteiger partial charge >= 0.3 is 0 Å². The highest BCUT2D eigenvalue weighted by molar-refractivity contribution is 6.10. The fourth-order valence-corrected chi connectivity index (χ4v) is 1.62. The summed E-state index contributed by atoms with van der Waals surface area (Å²) in [5.74, 6) is -0.0151. The number of nitrogens with one attached hydrogen (secondary N) is 2. The topological polar surface area (TPSA) is 96.5 Å². The number of amides is 1. The van der Waals surface area contributed by atoms with Crippen LogP contribution in [0.5, 0.6) is 0 Å². The van der Waals surface area contributed by atoms with Gasteiger partial charge in [0.1, 0.15) is 11.8 Å². The summed E-state index contributed by atoms with van der Waals surface area (Å²) < 4.78 is 0. The van der Waals surface area contributed by atoms with Crippen LogP contribution >= 0.6 is 0 Å². The number of carbonyl (C=O) groups excluding carboxylic acids is 1. The molecule has 2 aromatic heterocycles. The molecular weight excluding hydrogens is 232 g/mol. The van der Waals surface area contributed by atoms with Crippen molar-refractivity contribution in [1.29, 1.82) is 0 Å². The van der Waals surface area contributed by atoms with Crippen LogP contribution in [0.4, 0.5) is 5.95 Å². The summed E-state index contributed by atoms with van der Waals surface area (Å²) in [6, 6.07) is 5.24. The average molecular weight is 240 g/mol. The smallest absolute Gasteiger partial charge is 0.260 e. The van der Waals surface area contributed by atoms with E-state index in [1.807, 2.05) is 0 Å². The summed E-state index contributed by atoms with van der Waals surface area (Å²) in [6.45, 7) is 0. The first-order chi connectivity index (χ1) is 8.84. The molecule has 1 aromatic carbocycles. The third-order valence-electron chi connectivity index (χ3n) is 2.39. The number of aromatic nitrogens is 5. The number of carbonyl (C=O) groups is 1.